The van der Waals surface area contributed by atoms with E-state index in [0.29, 0.717) is 18.9 Å². The lowest BCUT2D eigenvalue weighted by atomic mass is 9.87. The number of amides is 2. The van der Waals surface area contributed by atoms with Crippen LogP contribution in [0.4, 0.5) is 5.69 Å². The fourth-order valence-electron chi connectivity index (χ4n) is 5.37. The van der Waals surface area contributed by atoms with Gasteiger partial charge in [0.15, 0.2) is 0 Å². The molecule has 2 amide bonds. The number of rotatable bonds is 5. The predicted molar refractivity (Wildman–Crippen MR) is 116 cm³/mol. The first-order valence-corrected chi connectivity index (χ1v) is 11.5. The number of imide groups is 1. The molecule has 0 bridgehead atoms. The second-order valence-electron chi connectivity index (χ2n) is 9.23. The minimum Gasteiger partial charge on any atom is -0.366 e. The number of anilines is 1. The van der Waals surface area contributed by atoms with Crippen LogP contribution < -0.4 is 10.2 Å². The lowest BCUT2D eigenvalue weighted by molar-refractivity contribution is -0.134. The molecule has 0 aromatic heterocycles. The van der Waals surface area contributed by atoms with Crippen LogP contribution in [0.5, 0.6) is 0 Å². The van der Waals surface area contributed by atoms with Gasteiger partial charge in [-0.2, -0.15) is 0 Å². The van der Waals surface area contributed by atoms with Crippen LogP contribution in [0, 0.1) is 5.92 Å². The normalized spacial score (nSPS) is 27.1. The Morgan fingerprint density at radius 2 is 1.76 bits per heavy atom. The van der Waals surface area contributed by atoms with Crippen molar-refractivity contribution < 1.29 is 9.59 Å². The third kappa shape index (κ3) is 5.00. The van der Waals surface area contributed by atoms with Gasteiger partial charge in [0.2, 0.25) is 11.8 Å². The Kier molecular flexibility index (Phi) is 6.53. The Bertz CT molecular complexity index is 711. The first-order chi connectivity index (χ1) is 14.1. The average Bonchev–Trinajstić information content (AvgIpc) is 2.73. The standard InChI is InChI=1S/C24H35N3O2/c1-18-17-26(14-13-19-5-3-2-4-6-19)15-16-27(18)21-9-7-20(8-10-21)22-11-12-23(28)25-24(22)29/h7-10,18-19,22H,2-6,11-17H2,1H3,(H,25,28,29). The van der Waals surface area contributed by atoms with Gasteiger partial charge in [0.05, 0.1) is 5.92 Å². The second kappa shape index (κ2) is 9.29. The maximum absolute atomic E-state index is 12.1. The Labute approximate surface area is 174 Å². The van der Waals surface area contributed by atoms with E-state index in [9.17, 15) is 9.59 Å². The number of hydrogen-bond acceptors (Lipinski definition) is 4. The molecule has 2 atom stereocenters. The van der Waals surface area contributed by atoms with Crippen molar-refractivity contribution in [2.24, 2.45) is 5.92 Å². The van der Waals surface area contributed by atoms with E-state index in [2.05, 4.69) is 46.3 Å². The van der Waals surface area contributed by atoms with Gasteiger partial charge in [-0.15, -0.1) is 0 Å². The number of nitrogens with zero attached hydrogens (tertiary/aromatic N) is 2. The zero-order chi connectivity index (χ0) is 20.2. The number of nitrogens with one attached hydrogen (secondary N) is 1. The molecule has 0 spiro atoms. The minimum absolute atomic E-state index is 0.155. The molecule has 5 heteroatoms. The zero-order valence-electron chi connectivity index (χ0n) is 17.7. The molecular weight excluding hydrogens is 362 g/mol. The van der Waals surface area contributed by atoms with E-state index in [1.165, 1.54) is 50.8 Å². The number of carbonyl (C=O) groups is 2. The molecule has 29 heavy (non-hydrogen) atoms. The van der Waals surface area contributed by atoms with Gasteiger partial charge in [0, 0.05) is 37.8 Å². The summed E-state index contributed by atoms with van der Waals surface area (Å²) < 4.78 is 0. The lowest BCUT2D eigenvalue weighted by Crippen LogP contribution is -2.52. The fraction of sp³-hybridized carbons (Fsp3) is 0.667. The number of carbonyl (C=O) groups excluding carboxylic acids is 2. The molecule has 2 unspecified atom stereocenters. The van der Waals surface area contributed by atoms with E-state index >= 15 is 0 Å². The van der Waals surface area contributed by atoms with Crippen molar-refractivity contribution in [3.05, 3.63) is 29.8 Å². The zero-order valence-corrected chi connectivity index (χ0v) is 17.7. The largest absolute Gasteiger partial charge is 0.366 e. The molecule has 3 fully saturated rings. The van der Waals surface area contributed by atoms with Gasteiger partial charge in [0.25, 0.3) is 0 Å². The average molecular weight is 398 g/mol. The molecule has 1 aliphatic carbocycles. The van der Waals surface area contributed by atoms with Crippen LogP contribution in [0.15, 0.2) is 24.3 Å². The third-order valence-electron chi connectivity index (χ3n) is 7.16. The molecule has 4 rings (SSSR count). The highest BCUT2D eigenvalue weighted by atomic mass is 16.2. The van der Waals surface area contributed by atoms with Crippen LogP contribution in [0.25, 0.3) is 0 Å². The second-order valence-corrected chi connectivity index (χ2v) is 9.23. The van der Waals surface area contributed by atoms with E-state index in [-0.39, 0.29) is 17.7 Å². The summed E-state index contributed by atoms with van der Waals surface area (Å²) in [6.07, 6.45) is 9.59. The topological polar surface area (TPSA) is 52.6 Å². The van der Waals surface area contributed by atoms with Crippen LogP contribution in [0.2, 0.25) is 0 Å². The summed E-state index contributed by atoms with van der Waals surface area (Å²) in [6.45, 7) is 6.88. The summed E-state index contributed by atoms with van der Waals surface area (Å²) in [5, 5.41) is 2.46. The summed E-state index contributed by atoms with van der Waals surface area (Å²) in [5.41, 5.74) is 2.25. The van der Waals surface area contributed by atoms with E-state index in [1.807, 2.05) is 0 Å². The number of hydrogen-bond donors (Lipinski definition) is 1. The fourth-order valence-corrected chi connectivity index (χ4v) is 5.37. The molecule has 0 radical (unpaired) electrons. The van der Waals surface area contributed by atoms with E-state index in [0.717, 1.165) is 31.1 Å². The first-order valence-electron chi connectivity index (χ1n) is 11.5. The molecule has 2 heterocycles. The lowest BCUT2D eigenvalue weighted by Gasteiger charge is -2.42. The SMILES string of the molecule is CC1CN(CCC2CCCCC2)CCN1c1ccc(C2CCC(=O)NC2=O)cc1. The molecule has 3 aliphatic rings. The van der Waals surface area contributed by atoms with Crippen LogP contribution in [0.1, 0.15) is 69.8 Å². The van der Waals surface area contributed by atoms with Crippen LogP contribution in [0.3, 0.4) is 0 Å². The van der Waals surface area contributed by atoms with Crippen molar-refractivity contribution in [1.82, 2.24) is 10.2 Å². The minimum atomic E-state index is -0.198. The Balaban J connectivity index is 1.30. The van der Waals surface area contributed by atoms with Gasteiger partial charge in [0.1, 0.15) is 0 Å². The summed E-state index contributed by atoms with van der Waals surface area (Å²) >= 11 is 0. The molecule has 5 nitrogen and oxygen atoms in total. The van der Waals surface area contributed by atoms with Gasteiger partial charge in [-0.1, -0.05) is 44.2 Å². The van der Waals surface area contributed by atoms with Gasteiger partial charge in [-0.3, -0.25) is 19.8 Å². The van der Waals surface area contributed by atoms with Crippen molar-refractivity contribution in [1.29, 1.82) is 0 Å². The summed E-state index contributed by atoms with van der Waals surface area (Å²) in [5.74, 6) is 0.444. The molecular formula is C24H35N3O2. The van der Waals surface area contributed by atoms with Gasteiger partial charge < -0.3 is 4.90 Å². The molecule has 2 aliphatic heterocycles. The molecule has 158 valence electrons. The first kappa shape index (κ1) is 20.4. The van der Waals surface area contributed by atoms with Crippen LogP contribution in [-0.2, 0) is 9.59 Å². The monoisotopic (exact) mass is 397 g/mol. The molecule has 1 saturated carbocycles. The van der Waals surface area contributed by atoms with E-state index in [4.69, 9.17) is 0 Å². The summed E-state index contributed by atoms with van der Waals surface area (Å²) in [6, 6.07) is 8.92. The Hall–Kier alpha value is -1.88. The highest BCUT2D eigenvalue weighted by Gasteiger charge is 2.29. The van der Waals surface area contributed by atoms with Crippen molar-refractivity contribution in [3.63, 3.8) is 0 Å². The van der Waals surface area contributed by atoms with Crippen LogP contribution in [-0.4, -0.2) is 48.9 Å². The highest BCUT2D eigenvalue weighted by molar-refractivity contribution is 6.00. The third-order valence-corrected chi connectivity index (χ3v) is 7.16. The summed E-state index contributed by atoms with van der Waals surface area (Å²) in [4.78, 5) is 28.6. The Morgan fingerprint density at radius 1 is 1.00 bits per heavy atom. The van der Waals surface area contributed by atoms with Gasteiger partial charge >= 0.3 is 0 Å². The predicted octanol–water partition coefficient (Wildman–Crippen LogP) is 3.69. The molecule has 1 aromatic rings. The quantitative estimate of drug-likeness (QED) is 0.770. The smallest absolute Gasteiger partial charge is 0.234 e. The van der Waals surface area contributed by atoms with Crippen molar-refractivity contribution in [3.8, 4) is 0 Å². The van der Waals surface area contributed by atoms with E-state index < -0.39 is 0 Å². The number of piperidine rings is 1. The number of piperazine rings is 1. The Morgan fingerprint density at radius 3 is 2.45 bits per heavy atom. The summed E-state index contributed by atoms with van der Waals surface area (Å²) in [7, 11) is 0. The van der Waals surface area contributed by atoms with Crippen molar-refractivity contribution in [2.45, 2.75) is 70.3 Å². The van der Waals surface area contributed by atoms with E-state index in [1.54, 1.807) is 0 Å². The van der Waals surface area contributed by atoms with Crippen molar-refractivity contribution >= 4 is 17.5 Å². The maximum atomic E-state index is 12.1. The highest BCUT2D eigenvalue weighted by Crippen LogP contribution is 2.29. The molecule has 1 aromatic carbocycles. The van der Waals surface area contributed by atoms with Crippen molar-refractivity contribution in [2.75, 3.05) is 31.1 Å². The van der Waals surface area contributed by atoms with Gasteiger partial charge in [-0.25, -0.2) is 0 Å². The number of benzene rings is 1. The molecule has 2 saturated heterocycles. The molecule has 1 N–H and O–H groups in total. The van der Waals surface area contributed by atoms with Crippen LogP contribution >= 0.6 is 0 Å². The maximum Gasteiger partial charge on any atom is 0.234 e. The van der Waals surface area contributed by atoms with Gasteiger partial charge in [-0.05, 0) is 49.9 Å².